The molecule has 0 heterocycles. The van der Waals surface area contributed by atoms with Gasteiger partial charge in [-0.3, -0.25) is 4.79 Å². The molecule has 0 radical (unpaired) electrons. The van der Waals surface area contributed by atoms with E-state index in [2.05, 4.69) is 36.5 Å². The Morgan fingerprint density at radius 2 is 1.89 bits per heavy atom. The quantitative estimate of drug-likeness (QED) is 0.813. The molecule has 100 valence electrons. The number of nitrogens with two attached hydrogens (primary N) is 1. The third kappa shape index (κ3) is 4.15. The van der Waals surface area contributed by atoms with Crippen molar-refractivity contribution < 1.29 is 4.79 Å². The molecule has 0 aromatic heterocycles. The van der Waals surface area contributed by atoms with E-state index < -0.39 is 6.04 Å². The van der Waals surface area contributed by atoms with E-state index in [0.29, 0.717) is 0 Å². The average molecular weight is 248 g/mol. The van der Waals surface area contributed by atoms with Crippen LogP contribution in [0.1, 0.15) is 50.8 Å². The lowest BCUT2D eigenvalue weighted by Crippen LogP contribution is -2.41. The van der Waals surface area contributed by atoms with E-state index >= 15 is 0 Å². The largest absolute Gasteiger partial charge is 0.348 e. The maximum Gasteiger partial charge on any atom is 0.237 e. The summed E-state index contributed by atoms with van der Waals surface area (Å²) in [6, 6.07) is 7.94. The molecule has 1 aromatic carbocycles. The lowest BCUT2D eigenvalue weighted by molar-refractivity contribution is -0.123. The van der Waals surface area contributed by atoms with Crippen LogP contribution in [-0.4, -0.2) is 11.9 Å². The van der Waals surface area contributed by atoms with E-state index in [0.717, 1.165) is 24.8 Å². The van der Waals surface area contributed by atoms with Crippen molar-refractivity contribution in [3.8, 4) is 0 Å². The van der Waals surface area contributed by atoms with E-state index in [-0.39, 0.29) is 11.9 Å². The predicted octanol–water partition coefficient (Wildman–Crippen LogP) is 2.55. The van der Waals surface area contributed by atoms with E-state index in [1.807, 2.05) is 13.8 Å². The Bertz CT molecular complexity index is 373. The van der Waals surface area contributed by atoms with Crippen LogP contribution in [0.3, 0.4) is 0 Å². The molecule has 2 atom stereocenters. The first-order valence-electron chi connectivity index (χ1n) is 6.73. The van der Waals surface area contributed by atoms with E-state index in [9.17, 15) is 4.79 Å². The molecule has 1 aromatic rings. The van der Waals surface area contributed by atoms with Gasteiger partial charge in [-0.15, -0.1) is 0 Å². The molecular weight excluding hydrogens is 224 g/mol. The van der Waals surface area contributed by atoms with Gasteiger partial charge in [-0.05, 0) is 30.9 Å². The van der Waals surface area contributed by atoms with E-state index in [1.165, 1.54) is 5.56 Å². The van der Waals surface area contributed by atoms with E-state index in [4.69, 9.17) is 5.73 Å². The first-order valence-corrected chi connectivity index (χ1v) is 6.73. The number of amides is 1. The van der Waals surface area contributed by atoms with Gasteiger partial charge in [0.2, 0.25) is 5.91 Å². The van der Waals surface area contributed by atoms with Crippen molar-refractivity contribution in [3.05, 3.63) is 35.4 Å². The maximum atomic E-state index is 11.8. The summed E-state index contributed by atoms with van der Waals surface area (Å²) in [7, 11) is 0. The summed E-state index contributed by atoms with van der Waals surface area (Å²) < 4.78 is 0. The molecule has 18 heavy (non-hydrogen) atoms. The van der Waals surface area contributed by atoms with Crippen LogP contribution >= 0.6 is 0 Å². The molecule has 0 spiro atoms. The molecule has 0 aliphatic carbocycles. The van der Waals surface area contributed by atoms with Crippen LogP contribution in [0.25, 0.3) is 0 Å². The highest BCUT2D eigenvalue weighted by molar-refractivity contribution is 5.81. The molecule has 0 saturated carbocycles. The van der Waals surface area contributed by atoms with Crippen LogP contribution < -0.4 is 11.1 Å². The molecule has 3 N–H and O–H groups in total. The molecule has 1 unspecified atom stereocenters. The Labute approximate surface area is 110 Å². The highest BCUT2D eigenvalue weighted by Gasteiger charge is 2.15. The third-order valence-corrected chi connectivity index (χ3v) is 3.18. The zero-order valence-corrected chi connectivity index (χ0v) is 11.6. The minimum Gasteiger partial charge on any atom is -0.348 e. The van der Waals surface area contributed by atoms with Gasteiger partial charge >= 0.3 is 0 Å². The number of carbonyl (C=O) groups excluding carboxylic acids is 1. The van der Waals surface area contributed by atoms with Crippen LogP contribution in [0.15, 0.2) is 24.3 Å². The van der Waals surface area contributed by atoms with Crippen LogP contribution in [0, 0.1) is 0 Å². The van der Waals surface area contributed by atoms with Gasteiger partial charge in [0, 0.05) is 0 Å². The second-order valence-electron chi connectivity index (χ2n) is 4.72. The summed E-state index contributed by atoms with van der Waals surface area (Å²) in [4.78, 5) is 11.8. The van der Waals surface area contributed by atoms with Crippen LogP contribution in [-0.2, 0) is 11.2 Å². The van der Waals surface area contributed by atoms with Crippen LogP contribution in [0.2, 0.25) is 0 Å². The number of benzene rings is 1. The second-order valence-corrected chi connectivity index (χ2v) is 4.72. The smallest absolute Gasteiger partial charge is 0.237 e. The topological polar surface area (TPSA) is 55.1 Å². The second kappa shape index (κ2) is 7.17. The zero-order valence-electron chi connectivity index (χ0n) is 11.6. The van der Waals surface area contributed by atoms with Crippen molar-refractivity contribution in [2.75, 3.05) is 0 Å². The summed E-state index contributed by atoms with van der Waals surface area (Å²) >= 11 is 0. The summed E-state index contributed by atoms with van der Waals surface area (Å²) in [6.45, 7) is 6.14. The Balaban J connectivity index is 2.58. The maximum absolute atomic E-state index is 11.8. The highest BCUT2D eigenvalue weighted by atomic mass is 16.2. The van der Waals surface area contributed by atoms with Gasteiger partial charge in [-0.2, -0.15) is 0 Å². The Hall–Kier alpha value is -1.35. The van der Waals surface area contributed by atoms with Gasteiger partial charge in [0.15, 0.2) is 0 Å². The zero-order chi connectivity index (χ0) is 13.5. The van der Waals surface area contributed by atoms with Crippen LogP contribution in [0.4, 0.5) is 0 Å². The number of nitrogens with one attached hydrogen (secondary N) is 1. The molecule has 0 saturated heterocycles. The van der Waals surface area contributed by atoms with Crippen molar-refractivity contribution in [1.29, 1.82) is 0 Å². The van der Waals surface area contributed by atoms with Crippen molar-refractivity contribution in [3.63, 3.8) is 0 Å². The van der Waals surface area contributed by atoms with Crippen molar-refractivity contribution >= 4 is 5.91 Å². The first-order chi connectivity index (χ1) is 8.58. The molecule has 0 aliphatic heterocycles. The number of hydrogen-bond acceptors (Lipinski definition) is 2. The fourth-order valence-electron chi connectivity index (χ4n) is 1.89. The lowest BCUT2D eigenvalue weighted by Gasteiger charge is -2.17. The molecule has 3 nitrogen and oxygen atoms in total. The van der Waals surface area contributed by atoms with Crippen molar-refractivity contribution in [1.82, 2.24) is 5.32 Å². The number of carbonyl (C=O) groups is 1. The lowest BCUT2D eigenvalue weighted by atomic mass is 10.0. The number of hydrogen-bond donors (Lipinski definition) is 2. The average Bonchev–Trinajstić information content (AvgIpc) is 2.39. The minimum absolute atomic E-state index is 0.00584. The summed E-state index contributed by atoms with van der Waals surface area (Å²) in [5.74, 6) is -0.0658. The summed E-state index contributed by atoms with van der Waals surface area (Å²) in [5, 5.41) is 2.95. The summed E-state index contributed by atoms with van der Waals surface area (Å²) in [6.07, 6.45) is 2.68. The van der Waals surface area contributed by atoms with Gasteiger partial charge in [-0.1, -0.05) is 44.5 Å². The van der Waals surface area contributed by atoms with Gasteiger partial charge in [0.1, 0.15) is 0 Å². The molecule has 1 amide bonds. The minimum atomic E-state index is -0.396. The SMILES string of the molecule is CCC[C@H](N)C(=O)NC(C)c1ccc(CC)cc1. The molecular formula is C15H24N2O. The van der Waals surface area contributed by atoms with Crippen molar-refractivity contribution in [2.45, 2.75) is 52.1 Å². The Morgan fingerprint density at radius 3 is 2.39 bits per heavy atom. The standard InChI is InChI=1S/C15H24N2O/c1-4-6-14(16)15(18)17-11(3)13-9-7-12(5-2)8-10-13/h7-11,14H,4-6,16H2,1-3H3,(H,17,18)/t11?,14-/m0/s1. The fourth-order valence-corrected chi connectivity index (χ4v) is 1.89. The predicted molar refractivity (Wildman–Crippen MR) is 75.3 cm³/mol. The molecule has 0 bridgehead atoms. The highest BCUT2D eigenvalue weighted by Crippen LogP contribution is 2.14. The molecule has 3 heteroatoms. The molecule has 1 rings (SSSR count). The normalized spacial score (nSPS) is 14.0. The van der Waals surface area contributed by atoms with Gasteiger partial charge in [0.25, 0.3) is 0 Å². The van der Waals surface area contributed by atoms with Gasteiger partial charge < -0.3 is 11.1 Å². The Morgan fingerprint density at radius 1 is 1.28 bits per heavy atom. The molecule has 0 fully saturated rings. The molecule has 0 aliphatic rings. The third-order valence-electron chi connectivity index (χ3n) is 3.18. The van der Waals surface area contributed by atoms with Gasteiger partial charge in [-0.25, -0.2) is 0 Å². The monoisotopic (exact) mass is 248 g/mol. The Kier molecular flexibility index (Phi) is 5.86. The summed E-state index contributed by atoms with van der Waals surface area (Å²) in [5.41, 5.74) is 8.21. The number of rotatable bonds is 6. The fraction of sp³-hybridized carbons (Fsp3) is 0.533. The van der Waals surface area contributed by atoms with Crippen molar-refractivity contribution in [2.24, 2.45) is 5.73 Å². The number of aryl methyl sites for hydroxylation is 1. The first kappa shape index (κ1) is 14.7. The van der Waals surface area contributed by atoms with E-state index in [1.54, 1.807) is 0 Å². The van der Waals surface area contributed by atoms with Gasteiger partial charge in [0.05, 0.1) is 12.1 Å². The van der Waals surface area contributed by atoms with Crippen LogP contribution in [0.5, 0.6) is 0 Å².